The summed E-state index contributed by atoms with van der Waals surface area (Å²) in [6.45, 7) is 9.73. The third kappa shape index (κ3) is 5.84. The van der Waals surface area contributed by atoms with Gasteiger partial charge in [-0.3, -0.25) is 4.79 Å². The second-order valence-electron chi connectivity index (χ2n) is 6.83. The fourth-order valence-electron chi connectivity index (χ4n) is 1.88. The monoisotopic (exact) mass is 342 g/mol. The van der Waals surface area contributed by atoms with E-state index in [1.807, 2.05) is 13.8 Å². The lowest BCUT2D eigenvalue weighted by atomic mass is 10.1. The lowest BCUT2D eigenvalue weighted by molar-refractivity contribution is 0.0948. The van der Waals surface area contributed by atoms with Gasteiger partial charge in [-0.05, 0) is 44.9 Å². The van der Waals surface area contributed by atoms with Crippen LogP contribution in [0.5, 0.6) is 5.75 Å². The summed E-state index contributed by atoms with van der Waals surface area (Å²) in [5.74, 6) is 0.193. The van der Waals surface area contributed by atoms with Gasteiger partial charge >= 0.3 is 0 Å². The molecule has 6 nitrogen and oxygen atoms in total. The maximum absolute atomic E-state index is 12.5. The summed E-state index contributed by atoms with van der Waals surface area (Å²) in [6, 6.07) is 4.37. The maximum Gasteiger partial charge on any atom is 0.251 e. The fourth-order valence-corrected chi connectivity index (χ4v) is 3.50. The van der Waals surface area contributed by atoms with Gasteiger partial charge in [-0.25, -0.2) is 13.1 Å². The molecule has 0 aliphatic heterocycles. The van der Waals surface area contributed by atoms with Crippen molar-refractivity contribution in [2.75, 3.05) is 13.7 Å². The average Bonchev–Trinajstić information content (AvgIpc) is 2.41. The molecule has 0 aliphatic carbocycles. The van der Waals surface area contributed by atoms with Crippen LogP contribution in [0, 0.1) is 5.92 Å². The minimum atomic E-state index is -3.80. The molecule has 1 amide bonds. The van der Waals surface area contributed by atoms with Gasteiger partial charge in [0, 0.05) is 17.6 Å². The number of rotatable bonds is 6. The molecule has 0 saturated carbocycles. The van der Waals surface area contributed by atoms with Gasteiger partial charge in [0.25, 0.3) is 5.91 Å². The molecular weight excluding hydrogens is 316 g/mol. The fraction of sp³-hybridized carbons (Fsp3) is 0.562. The van der Waals surface area contributed by atoms with E-state index in [2.05, 4.69) is 10.0 Å². The van der Waals surface area contributed by atoms with Gasteiger partial charge in [0.15, 0.2) is 0 Å². The van der Waals surface area contributed by atoms with Crippen LogP contribution >= 0.6 is 0 Å². The van der Waals surface area contributed by atoms with Crippen LogP contribution < -0.4 is 14.8 Å². The van der Waals surface area contributed by atoms with Crippen molar-refractivity contribution in [1.82, 2.24) is 10.0 Å². The molecule has 0 unspecified atom stereocenters. The van der Waals surface area contributed by atoms with E-state index in [1.54, 1.807) is 26.8 Å². The minimum Gasteiger partial charge on any atom is -0.495 e. The molecular formula is C16H26N2O4S. The van der Waals surface area contributed by atoms with Crippen LogP contribution in [0.3, 0.4) is 0 Å². The Labute approximate surface area is 138 Å². The van der Waals surface area contributed by atoms with Crippen LogP contribution in [-0.4, -0.2) is 33.5 Å². The van der Waals surface area contributed by atoms with E-state index in [4.69, 9.17) is 4.74 Å². The molecule has 130 valence electrons. The Bertz CT molecular complexity index is 661. The first-order valence-electron chi connectivity index (χ1n) is 7.46. The Balaban J connectivity index is 3.21. The smallest absolute Gasteiger partial charge is 0.251 e. The zero-order chi connectivity index (χ0) is 17.8. The number of benzene rings is 1. The first kappa shape index (κ1) is 19.4. The predicted molar refractivity (Wildman–Crippen MR) is 90.2 cm³/mol. The summed E-state index contributed by atoms with van der Waals surface area (Å²) in [5.41, 5.74) is -0.361. The Hall–Kier alpha value is -1.60. The summed E-state index contributed by atoms with van der Waals surface area (Å²) in [4.78, 5) is 12.1. The van der Waals surface area contributed by atoms with Crippen molar-refractivity contribution in [3.05, 3.63) is 23.8 Å². The van der Waals surface area contributed by atoms with Gasteiger partial charge < -0.3 is 10.1 Å². The van der Waals surface area contributed by atoms with E-state index in [0.717, 1.165) is 0 Å². The highest BCUT2D eigenvalue weighted by Crippen LogP contribution is 2.26. The average molecular weight is 342 g/mol. The van der Waals surface area contributed by atoms with Crippen molar-refractivity contribution in [2.24, 2.45) is 5.92 Å². The van der Waals surface area contributed by atoms with E-state index in [1.165, 1.54) is 19.2 Å². The number of amides is 1. The largest absolute Gasteiger partial charge is 0.495 e. The summed E-state index contributed by atoms with van der Waals surface area (Å²) in [7, 11) is -2.41. The van der Waals surface area contributed by atoms with E-state index in [0.29, 0.717) is 12.5 Å². The van der Waals surface area contributed by atoms with Gasteiger partial charge in [-0.15, -0.1) is 0 Å². The van der Waals surface area contributed by atoms with E-state index < -0.39 is 15.6 Å². The van der Waals surface area contributed by atoms with Crippen LogP contribution in [0.2, 0.25) is 0 Å². The summed E-state index contributed by atoms with van der Waals surface area (Å²) in [5, 5.41) is 2.77. The second-order valence-corrected chi connectivity index (χ2v) is 8.48. The third-order valence-corrected chi connectivity index (χ3v) is 4.61. The number of sulfonamides is 1. The zero-order valence-electron chi connectivity index (χ0n) is 14.6. The number of nitrogens with one attached hydrogen (secondary N) is 2. The molecule has 0 bridgehead atoms. The summed E-state index contributed by atoms with van der Waals surface area (Å²) >= 11 is 0. The van der Waals surface area contributed by atoms with Crippen molar-refractivity contribution in [3.8, 4) is 5.75 Å². The van der Waals surface area contributed by atoms with Crippen molar-refractivity contribution in [3.63, 3.8) is 0 Å². The van der Waals surface area contributed by atoms with Crippen molar-refractivity contribution in [2.45, 2.75) is 45.1 Å². The highest BCUT2D eigenvalue weighted by Gasteiger charge is 2.26. The summed E-state index contributed by atoms with van der Waals surface area (Å²) < 4.78 is 32.8. The molecule has 0 aliphatic rings. The van der Waals surface area contributed by atoms with Gasteiger partial charge in [0.2, 0.25) is 10.0 Å². The number of hydrogen-bond acceptors (Lipinski definition) is 4. The predicted octanol–water partition coefficient (Wildman–Crippen LogP) is 2.16. The van der Waals surface area contributed by atoms with Crippen LogP contribution in [0.25, 0.3) is 0 Å². The van der Waals surface area contributed by atoms with Gasteiger partial charge in [0.1, 0.15) is 10.6 Å². The first-order chi connectivity index (χ1) is 10.5. The zero-order valence-corrected chi connectivity index (χ0v) is 15.4. The number of carbonyl (C=O) groups excluding carboxylic acids is 1. The molecule has 0 heterocycles. The molecule has 23 heavy (non-hydrogen) atoms. The lowest BCUT2D eigenvalue weighted by Gasteiger charge is -2.21. The number of hydrogen-bond donors (Lipinski definition) is 2. The van der Waals surface area contributed by atoms with Crippen molar-refractivity contribution < 1.29 is 17.9 Å². The van der Waals surface area contributed by atoms with Crippen LogP contribution in [0.1, 0.15) is 45.0 Å². The van der Waals surface area contributed by atoms with Gasteiger partial charge in [-0.2, -0.15) is 0 Å². The van der Waals surface area contributed by atoms with Crippen LogP contribution in [0.4, 0.5) is 0 Å². The number of methoxy groups -OCH3 is 1. The highest BCUT2D eigenvalue weighted by atomic mass is 32.2. The Kier molecular flexibility index (Phi) is 6.18. The molecule has 0 saturated heterocycles. The van der Waals surface area contributed by atoms with E-state index in [9.17, 15) is 13.2 Å². The van der Waals surface area contributed by atoms with E-state index in [-0.39, 0.29) is 22.1 Å². The molecule has 0 radical (unpaired) electrons. The Morgan fingerprint density at radius 1 is 1.26 bits per heavy atom. The lowest BCUT2D eigenvalue weighted by Crippen LogP contribution is -2.40. The summed E-state index contributed by atoms with van der Waals surface area (Å²) in [6.07, 6.45) is 0. The van der Waals surface area contributed by atoms with Crippen LogP contribution in [-0.2, 0) is 10.0 Å². The normalized spacial score (nSPS) is 12.3. The van der Waals surface area contributed by atoms with Gasteiger partial charge in [0.05, 0.1) is 7.11 Å². The molecule has 1 aromatic carbocycles. The van der Waals surface area contributed by atoms with E-state index >= 15 is 0 Å². The maximum atomic E-state index is 12.5. The highest BCUT2D eigenvalue weighted by molar-refractivity contribution is 7.89. The first-order valence-corrected chi connectivity index (χ1v) is 8.95. The van der Waals surface area contributed by atoms with Crippen molar-refractivity contribution >= 4 is 15.9 Å². The molecule has 0 fully saturated rings. The molecule has 0 atom stereocenters. The SMILES string of the molecule is COc1ccc(C(=O)NCC(C)C)cc1S(=O)(=O)NC(C)(C)C. The molecule has 2 N–H and O–H groups in total. The molecule has 0 aromatic heterocycles. The Morgan fingerprint density at radius 2 is 1.87 bits per heavy atom. The quantitative estimate of drug-likeness (QED) is 0.830. The molecule has 7 heteroatoms. The Morgan fingerprint density at radius 3 is 2.35 bits per heavy atom. The minimum absolute atomic E-state index is 0.0490. The standard InChI is InChI=1S/C16H26N2O4S/c1-11(2)10-17-15(19)12-7-8-13(22-6)14(9-12)23(20,21)18-16(3,4)5/h7-9,11,18H,10H2,1-6H3,(H,17,19). The molecule has 0 spiro atoms. The third-order valence-electron chi connectivity index (χ3n) is 2.83. The molecule has 1 rings (SSSR count). The second kappa shape index (κ2) is 7.31. The molecule has 1 aromatic rings. The number of ether oxygens (including phenoxy) is 1. The topological polar surface area (TPSA) is 84.5 Å². The number of carbonyl (C=O) groups is 1. The van der Waals surface area contributed by atoms with Gasteiger partial charge in [-0.1, -0.05) is 13.8 Å². The van der Waals surface area contributed by atoms with Crippen molar-refractivity contribution in [1.29, 1.82) is 0 Å². The van der Waals surface area contributed by atoms with Crippen LogP contribution in [0.15, 0.2) is 23.1 Å².